The standard InChI is InChI=1S/C63H38N6O/c1-2-18-39(19-3-1)61-64-62(66-63(65-61)49-29-15-27-47-46-26-8-13-37-57(46)70-60(47)49)40-20-14-21-41(38-40)67-54-34-17-35-55(68-50-30-9-4-22-42(50)43-23-5-10-31-51(43)68)58(54)48-28-16-36-56(59(48)67)69-52-32-11-6-24-44(52)45-25-7-12-33-53(45)69/h1-38H. The molecule has 15 aromatic rings. The molecule has 0 aliphatic carbocycles. The van der Waals surface area contributed by atoms with E-state index in [0.29, 0.717) is 17.5 Å². The van der Waals surface area contributed by atoms with E-state index >= 15 is 0 Å². The molecule has 7 nitrogen and oxygen atoms in total. The molecule has 0 radical (unpaired) electrons. The van der Waals surface area contributed by atoms with E-state index in [9.17, 15) is 0 Å². The molecule has 70 heavy (non-hydrogen) atoms. The first-order chi connectivity index (χ1) is 34.7. The molecule has 5 heterocycles. The van der Waals surface area contributed by atoms with E-state index < -0.39 is 0 Å². The Labute approximate surface area is 400 Å². The molecular formula is C63H38N6O. The van der Waals surface area contributed by atoms with Gasteiger partial charge in [0.1, 0.15) is 11.2 Å². The highest BCUT2D eigenvalue weighted by molar-refractivity contribution is 6.19. The van der Waals surface area contributed by atoms with Gasteiger partial charge in [-0.25, -0.2) is 15.0 Å². The fourth-order valence-electron chi connectivity index (χ4n) is 11.1. The van der Waals surface area contributed by atoms with Crippen molar-refractivity contribution in [1.29, 1.82) is 0 Å². The van der Waals surface area contributed by atoms with Crippen molar-refractivity contribution in [2.45, 2.75) is 0 Å². The van der Waals surface area contributed by atoms with Crippen LogP contribution in [0.1, 0.15) is 0 Å². The second-order valence-corrected chi connectivity index (χ2v) is 17.9. The first kappa shape index (κ1) is 38.5. The van der Waals surface area contributed by atoms with E-state index in [1.54, 1.807) is 0 Å². The summed E-state index contributed by atoms with van der Waals surface area (Å²) in [7, 11) is 0. The van der Waals surface area contributed by atoms with E-state index in [1.165, 1.54) is 21.5 Å². The van der Waals surface area contributed by atoms with Crippen LogP contribution in [0.25, 0.3) is 139 Å². The van der Waals surface area contributed by atoms with Crippen molar-refractivity contribution in [3.05, 3.63) is 231 Å². The SMILES string of the molecule is c1ccc(-c2nc(-c3cccc(-n4c5cccc(-n6c7ccccc7c7ccccc76)c5c5cccc(-n6c7ccccc7c7ccccc76)c54)c3)nc(-c3cccc4c3oc3ccccc34)n2)cc1. The molecule has 15 rings (SSSR count). The lowest BCUT2D eigenvalue weighted by Crippen LogP contribution is -2.02. The zero-order valence-corrected chi connectivity index (χ0v) is 37.5. The highest BCUT2D eigenvalue weighted by Gasteiger charge is 2.24. The van der Waals surface area contributed by atoms with Crippen LogP contribution < -0.4 is 0 Å². The van der Waals surface area contributed by atoms with Gasteiger partial charge in [0, 0.05) is 59.9 Å². The van der Waals surface area contributed by atoms with Gasteiger partial charge in [0.25, 0.3) is 0 Å². The van der Waals surface area contributed by atoms with Crippen LogP contribution in [0.4, 0.5) is 0 Å². The van der Waals surface area contributed by atoms with Crippen molar-refractivity contribution in [3.8, 4) is 51.2 Å². The van der Waals surface area contributed by atoms with Crippen LogP contribution >= 0.6 is 0 Å². The van der Waals surface area contributed by atoms with Crippen molar-refractivity contribution in [2.75, 3.05) is 0 Å². The fourth-order valence-corrected chi connectivity index (χ4v) is 11.1. The van der Waals surface area contributed by atoms with Crippen LogP contribution in [0.3, 0.4) is 0 Å². The molecule has 0 saturated heterocycles. The quantitative estimate of drug-likeness (QED) is 0.167. The smallest absolute Gasteiger partial charge is 0.167 e. The minimum atomic E-state index is 0.542. The first-order valence-electron chi connectivity index (χ1n) is 23.6. The van der Waals surface area contributed by atoms with Crippen LogP contribution in [0, 0.1) is 0 Å². The fraction of sp³-hybridized carbons (Fsp3) is 0. The largest absolute Gasteiger partial charge is 0.455 e. The third kappa shape index (κ3) is 5.60. The van der Waals surface area contributed by atoms with Crippen LogP contribution in [0.15, 0.2) is 235 Å². The molecule has 0 fully saturated rings. The van der Waals surface area contributed by atoms with Gasteiger partial charge in [0.05, 0.1) is 50.0 Å². The Bertz CT molecular complexity index is 4500. The number of rotatable bonds is 6. The summed E-state index contributed by atoms with van der Waals surface area (Å²) in [5, 5.41) is 9.24. The van der Waals surface area contributed by atoms with Crippen molar-refractivity contribution < 1.29 is 4.42 Å². The number of hydrogen-bond acceptors (Lipinski definition) is 4. The molecule has 0 unspecified atom stereocenters. The van der Waals surface area contributed by atoms with E-state index in [-0.39, 0.29) is 0 Å². The zero-order chi connectivity index (χ0) is 45.9. The van der Waals surface area contributed by atoms with Gasteiger partial charge in [-0.05, 0) is 66.7 Å². The normalized spacial score (nSPS) is 12.0. The number of aromatic nitrogens is 6. The first-order valence-corrected chi connectivity index (χ1v) is 23.6. The van der Waals surface area contributed by atoms with E-state index in [1.807, 2.05) is 54.6 Å². The average Bonchev–Trinajstić information content (AvgIpc) is 4.18. The number of para-hydroxylation sites is 7. The maximum Gasteiger partial charge on any atom is 0.167 e. The van der Waals surface area contributed by atoms with Crippen molar-refractivity contribution >= 4 is 87.4 Å². The molecule has 0 amide bonds. The number of hydrogen-bond donors (Lipinski definition) is 0. The molecule has 0 atom stereocenters. The summed E-state index contributed by atoms with van der Waals surface area (Å²) >= 11 is 0. The Kier molecular flexibility index (Phi) is 8.23. The third-order valence-corrected chi connectivity index (χ3v) is 14.1. The van der Waals surface area contributed by atoms with Gasteiger partial charge < -0.3 is 18.1 Å². The van der Waals surface area contributed by atoms with Gasteiger partial charge >= 0.3 is 0 Å². The lowest BCUT2D eigenvalue weighted by Gasteiger charge is -2.15. The Hall–Kier alpha value is -9.59. The highest BCUT2D eigenvalue weighted by atomic mass is 16.3. The Morgan fingerprint density at radius 3 is 1.47 bits per heavy atom. The molecular weight excluding hydrogens is 857 g/mol. The molecule has 7 heteroatoms. The minimum Gasteiger partial charge on any atom is -0.455 e. The molecule has 0 aliphatic heterocycles. The molecule has 326 valence electrons. The number of fused-ring (bicyclic) bond motifs is 12. The van der Waals surface area contributed by atoms with E-state index in [2.05, 4.69) is 190 Å². The number of benzene rings is 10. The van der Waals surface area contributed by atoms with Gasteiger partial charge in [-0.3, -0.25) is 0 Å². The lowest BCUT2D eigenvalue weighted by molar-refractivity contribution is 0.669. The van der Waals surface area contributed by atoms with Crippen LogP contribution in [-0.4, -0.2) is 28.7 Å². The Balaban J connectivity index is 1.02. The molecule has 0 spiro atoms. The number of furan rings is 1. The summed E-state index contributed by atoms with van der Waals surface area (Å²) in [5.41, 5.74) is 14.1. The predicted octanol–water partition coefficient (Wildman–Crippen LogP) is 16.1. The van der Waals surface area contributed by atoms with Crippen LogP contribution in [-0.2, 0) is 0 Å². The van der Waals surface area contributed by atoms with Crippen LogP contribution in [0.2, 0.25) is 0 Å². The Morgan fingerprint density at radius 2 is 0.786 bits per heavy atom. The lowest BCUT2D eigenvalue weighted by atomic mass is 10.1. The maximum atomic E-state index is 6.55. The van der Waals surface area contributed by atoms with Gasteiger partial charge in [-0.2, -0.15) is 0 Å². The molecule has 0 N–H and O–H groups in total. The summed E-state index contributed by atoms with van der Waals surface area (Å²) in [5.74, 6) is 1.69. The van der Waals surface area contributed by atoms with Gasteiger partial charge in [0.15, 0.2) is 17.5 Å². The molecule has 0 bridgehead atoms. The van der Waals surface area contributed by atoms with Gasteiger partial charge in [-0.1, -0.05) is 164 Å². The average molecular weight is 895 g/mol. The molecule has 10 aromatic carbocycles. The predicted molar refractivity (Wildman–Crippen MR) is 286 cm³/mol. The second kappa shape index (κ2) is 15.0. The minimum absolute atomic E-state index is 0.542. The summed E-state index contributed by atoms with van der Waals surface area (Å²) < 4.78 is 13.9. The summed E-state index contributed by atoms with van der Waals surface area (Å²) in [4.78, 5) is 15.7. The Morgan fingerprint density at radius 1 is 0.314 bits per heavy atom. The number of nitrogens with zero attached hydrogens (tertiary/aromatic N) is 6. The van der Waals surface area contributed by atoms with Crippen molar-refractivity contribution in [2.24, 2.45) is 0 Å². The summed E-state index contributed by atoms with van der Waals surface area (Å²) in [6.07, 6.45) is 0. The monoisotopic (exact) mass is 894 g/mol. The van der Waals surface area contributed by atoms with E-state index in [4.69, 9.17) is 19.4 Å². The molecule has 0 aliphatic rings. The van der Waals surface area contributed by atoms with Gasteiger partial charge in [0.2, 0.25) is 0 Å². The molecule has 0 saturated carbocycles. The molecule has 5 aromatic heterocycles. The van der Waals surface area contributed by atoms with E-state index in [0.717, 1.165) is 99.6 Å². The maximum absolute atomic E-state index is 6.55. The van der Waals surface area contributed by atoms with Crippen LogP contribution in [0.5, 0.6) is 0 Å². The summed E-state index contributed by atoms with van der Waals surface area (Å²) in [6, 6.07) is 81.6. The van der Waals surface area contributed by atoms with Crippen molar-refractivity contribution in [1.82, 2.24) is 28.7 Å². The van der Waals surface area contributed by atoms with Gasteiger partial charge in [-0.15, -0.1) is 0 Å². The third-order valence-electron chi connectivity index (χ3n) is 14.1. The van der Waals surface area contributed by atoms with Crippen molar-refractivity contribution in [3.63, 3.8) is 0 Å². The zero-order valence-electron chi connectivity index (χ0n) is 37.5. The second-order valence-electron chi connectivity index (χ2n) is 17.9. The topological polar surface area (TPSA) is 66.6 Å². The summed E-state index contributed by atoms with van der Waals surface area (Å²) in [6.45, 7) is 0. The highest BCUT2D eigenvalue weighted by Crippen LogP contribution is 2.44.